The Morgan fingerprint density at radius 3 is 2.42 bits per heavy atom. The normalized spacial score (nSPS) is 14.5. The lowest BCUT2D eigenvalue weighted by Crippen LogP contribution is -2.32. The smallest absolute Gasteiger partial charge is 0.292 e. The summed E-state index contributed by atoms with van der Waals surface area (Å²) in [5, 5.41) is 8.57. The summed E-state index contributed by atoms with van der Waals surface area (Å²) in [6, 6.07) is 16.7. The molecule has 2 aromatic carbocycles. The zero-order chi connectivity index (χ0) is 16.9. The van der Waals surface area contributed by atoms with Crippen LogP contribution in [0.2, 0.25) is 0 Å². The highest BCUT2D eigenvalue weighted by molar-refractivity contribution is 6.07. The van der Waals surface area contributed by atoms with Crippen molar-refractivity contribution in [2.24, 2.45) is 0 Å². The third kappa shape index (κ3) is 3.13. The summed E-state index contributed by atoms with van der Waals surface area (Å²) in [5.74, 6) is -0.622. The van der Waals surface area contributed by atoms with Crippen LogP contribution in [0.15, 0.2) is 60.7 Å². The quantitative estimate of drug-likeness (QED) is 0.516. The van der Waals surface area contributed by atoms with Crippen molar-refractivity contribution in [2.45, 2.75) is 0 Å². The molecular formula is C18H17N3O3. The minimum Gasteiger partial charge on any atom is -0.292 e. The number of amides is 3. The van der Waals surface area contributed by atoms with Gasteiger partial charge < -0.3 is 0 Å². The number of benzene rings is 2. The van der Waals surface area contributed by atoms with Crippen molar-refractivity contribution in [1.29, 1.82) is 0 Å². The van der Waals surface area contributed by atoms with Crippen LogP contribution in [0.1, 0.15) is 5.56 Å². The molecule has 24 heavy (non-hydrogen) atoms. The van der Waals surface area contributed by atoms with E-state index in [4.69, 9.17) is 5.21 Å². The summed E-state index contributed by atoms with van der Waals surface area (Å²) < 4.78 is 0. The van der Waals surface area contributed by atoms with E-state index in [0.29, 0.717) is 13.1 Å². The number of urea groups is 1. The number of rotatable bonds is 4. The van der Waals surface area contributed by atoms with Crippen molar-refractivity contribution in [2.75, 3.05) is 22.9 Å². The molecule has 3 rings (SSSR count). The first kappa shape index (κ1) is 15.8. The van der Waals surface area contributed by atoms with Gasteiger partial charge in [-0.15, -0.1) is 0 Å². The van der Waals surface area contributed by atoms with Crippen LogP contribution >= 0.6 is 0 Å². The highest BCUT2D eigenvalue weighted by Crippen LogP contribution is 2.28. The molecule has 0 bridgehead atoms. The SMILES string of the molecule is O=C(/C=C/c1ccccc1N1CCN(c2ccccc2)C1=O)NO. The van der Waals surface area contributed by atoms with Gasteiger partial charge in [-0.2, -0.15) is 0 Å². The summed E-state index contributed by atoms with van der Waals surface area (Å²) in [6.45, 7) is 1.16. The van der Waals surface area contributed by atoms with Gasteiger partial charge in [0.2, 0.25) is 0 Å². The van der Waals surface area contributed by atoms with Crippen LogP contribution in [0.4, 0.5) is 16.2 Å². The van der Waals surface area contributed by atoms with E-state index in [-0.39, 0.29) is 6.03 Å². The van der Waals surface area contributed by atoms with E-state index in [9.17, 15) is 9.59 Å². The van der Waals surface area contributed by atoms with Gasteiger partial charge >= 0.3 is 6.03 Å². The van der Waals surface area contributed by atoms with E-state index in [1.165, 1.54) is 6.08 Å². The van der Waals surface area contributed by atoms with Crippen molar-refractivity contribution >= 4 is 29.4 Å². The van der Waals surface area contributed by atoms with Crippen LogP contribution in [-0.2, 0) is 4.79 Å². The molecule has 3 amide bonds. The first-order chi connectivity index (χ1) is 11.7. The van der Waals surface area contributed by atoms with Gasteiger partial charge in [0, 0.05) is 24.9 Å². The molecule has 0 unspecified atom stereocenters. The standard InChI is InChI=1S/C18H17N3O3/c22-17(19-24)11-10-14-6-4-5-9-16(14)21-13-12-20(18(21)23)15-7-2-1-3-8-15/h1-11,24H,12-13H2,(H,19,22)/b11-10+. The number of carbonyl (C=O) groups is 2. The fraction of sp³-hybridized carbons (Fsp3) is 0.111. The number of anilines is 2. The highest BCUT2D eigenvalue weighted by Gasteiger charge is 2.31. The number of carbonyl (C=O) groups excluding carboxylic acids is 2. The van der Waals surface area contributed by atoms with E-state index < -0.39 is 5.91 Å². The largest absolute Gasteiger partial charge is 0.329 e. The maximum absolute atomic E-state index is 12.8. The molecule has 6 nitrogen and oxygen atoms in total. The predicted octanol–water partition coefficient (Wildman–Crippen LogP) is 2.65. The van der Waals surface area contributed by atoms with Crippen LogP contribution in [-0.4, -0.2) is 30.2 Å². The summed E-state index contributed by atoms with van der Waals surface area (Å²) in [6.07, 6.45) is 2.79. The number of hydrogen-bond donors (Lipinski definition) is 2. The van der Waals surface area contributed by atoms with Crippen molar-refractivity contribution in [3.05, 3.63) is 66.2 Å². The van der Waals surface area contributed by atoms with E-state index in [1.807, 2.05) is 54.6 Å². The summed E-state index contributed by atoms with van der Waals surface area (Å²) in [7, 11) is 0. The van der Waals surface area contributed by atoms with E-state index in [1.54, 1.807) is 21.4 Å². The second-order valence-electron chi connectivity index (χ2n) is 5.29. The highest BCUT2D eigenvalue weighted by atomic mass is 16.5. The molecule has 122 valence electrons. The Morgan fingerprint density at radius 1 is 1.00 bits per heavy atom. The molecule has 1 aliphatic heterocycles. The van der Waals surface area contributed by atoms with Gasteiger partial charge in [0.15, 0.2) is 0 Å². The Labute approximate surface area is 139 Å². The van der Waals surface area contributed by atoms with Gasteiger partial charge in [-0.05, 0) is 29.8 Å². The van der Waals surface area contributed by atoms with Gasteiger partial charge in [0.05, 0.1) is 5.69 Å². The zero-order valence-electron chi connectivity index (χ0n) is 12.9. The molecule has 0 aromatic heterocycles. The van der Waals surface area contributed by atoms with Crippen molar-refractivity contribution in [1.82, 2.24) is 5.48 Å². The minimum atomic E-state index is -0.622. The first-order valence-electron chi connectivity index (χ1n) is 7.56. The second-order valence-corrected chi connectivity index (χ2v) is 5.29. The average molecular weight is 323 g/mol. The van der Waals surface area contributed by atoms with E-state index >= 15 is 0 Å². The van der Waals surface area contributed by atoms with Gasteiger partial charge in [0.1, 0.15) is 0 Å². The van der Waals surface area contributed by atoms with Crippen molar-refractivity contribution in [3.63, 3.8) is 0 Å². The zero-order valence-corrected chi connectivity index (χ0v) is 12.9. The molecule has 2 N–H and O–H groups in total. The number of hydrogen-bond acceptors (Lipinski definition) is 3. The molecule has 0 spiro atoms. The molecule has 1 aliphatic rings. The summed E-state index contributed by atoms with van der Waals surface area (Å²) in [4.78, 5) is 27.4. The lowest BCUT2D eigenvalue weighted by atomic mass is 10.1. The van der Waals surface area contributed by atoms with Gasteiger partial charge in [-0.25, -0.2) is 10.3 Å². The maximum atomic E-state index is 12.8. The fourth-order valence-corrected chi connectivity index (χ4v) is 2.68. The average Bonchev–Trinajstić information content (AvgIpc) is 3.02. The molecule has 6 heteroatoms. The van der Waals surface area contributed by atoms with Gasteiger partial charge in [-0.3, -0.25) is 19.8 Å². The molecule has 0 radical (unpaired) electrons. The summed E-state index contributed by atoms with van der Waals surface area (Å²) >= 11 is 0. The number of nitrogens with zero attached hydrogens (tertiary/aromatic N) is 2. The predicted molar refractivity (Wildman–Crippen MR) is 91.9 cm³/mol. The molecule has 1 fully saturated rings. The third-order valence-corrected chi connectivity index (χ3v) is 3.83. The van der Waals surface area contributed by atoms with E-state index in [2.05, 4.69) is 0 Å². The van der Waals surface area contributed by atoms with Crippen LogP contribution in [0.3, 0.4) is 0 Å². The number of para-hydroxylation sites is 2. The Bertz CT molecular complexity index is 774. The van der Waals surface area contributed by atoms with Crippen LogP contribution in [0.25, 0.3) is 6.08 Å². The molecule has 0 atom stereocenters. The number of hydroxylamine groups is 1. The van der Waals surface area contributed by atoms with Gasteiger partial charge in [-0.1, -0.05) is 36.4 Å². The fourth-order valence-electron chi connectivity index (χ4n) is 2.68. The summed E-state index contributed by atoms with van der Waals surface area (Å²) in [5.41, 5.74) is 3.86. The van der Waals surface area contributed by atoms with Gasteiger partial charge in [0.25, 0.3) is 5.91 Å². The molecular weight excluding hydrogens is 306 g/mol. The monoisotopic (exact) mass is 323 g/mol. The Morgan fingerprint density at radius 2 is 1.67 bits per heavy atom. The van der Waals surface area contributed by atoms with E-state index in [0.717, 1.165) is 16.9 Å². The first-order valence-corrected chi connectivity index (χ1v) is 7.56. The lowest BCUT2D eigenvalue weighted by molar-refractivity contribution is -0.124. The molecule has 1 heterocycles. The topological polar surface area (TPSA) is 72.9 Å². The molecule has 0 saturated carbocycles. The van der Waals surface area contributed by atoms with Crippen LogP contribution < -0.4 is 15.3 Å². The number of nitrogens with one attached hydrogen (secondary N) is 1. The second kappa shape index (κ2) is 6.97. The lowest BCUT2D eigenvalue weighted by Gasteiger charge is -2.20. The maximum Gasteiger partial charge on any atom is 0.329 e. The molecule has 1 saturated heterocycles. The van der Waals surface area contributed by atoms with Crippen molar-refractivity contribution < 1.29 is 14.8 Å². The van der Waals surface area contributed by atoms with Crippen LogP contribution in [0.5, 0.6) is 0 Å². The third-order valence-electron chi connectivity index (χ3n) is 3.83. The minimum absolute atomic E-state index is 0.103. The Hall–Kier alpha value is -3.12. The van der Waals surface area contributed by atoms with Crippen LogP contribution in [0, 0.1) is 0 Å². The molecule has 2 aromatic rings. The molecule has 0 aliphatic carbocycles. The Kier molecular flexibility index (Phi) is 4.58. The van der Waals surface area contributed by atoms with Crippen molar-refractivity contribution in [3.8, 4) is 0 Å². The Balaban J connectivity index is 1.87.